The fourth-order valence-corrected chi connectivity index (χ4v) is 3.14. The Morgan fingerprint density at radius 2 is 2.20 bits per heavy atom. The molecule has 7 heteroatoms. The van der Waals surface area contributed by atoms with Crippen LogP contribution in [-0.2, 0) is 11.8 Å². The van der Waals surface area contributed by atoms with Gasteiger partial charge in [0.25, 0.3) is 0 Å². The number of hydrogen-bond donors (Lipinski definition) is 1. The highest BCUT2D eigenvalue weighted by atomic mass is 35.5. The van der Waals surface area contributed by atoms with E-state index in [0.29, 0.717) is 22.0 Å². The number of halogens is 3. The van der Waals surface area contributed by atoms with Gasteiger partial charge < -0.3 is 9.88 Å². The molecule has 1 fully saturated rings. The number of anilines is 1. The number of aromatic nitrogens is 2. The zero-order valence-corrected chi connectivity index (χ0v) is 14.0. The lowest BCUT2D eigenvalue weighted by Crippen LogP contribution is -2.15. The largest absolute Gasteiger partial charge is 0.350 e. The van der Waals surface area contributed by atoms with Crippen molar-refractivity contribution in [2.75, 3.05) is 5.32 Å². The Kier molecular flexibility index (Phi) is 3.72. The molecule has 0 spiro atoms. The summed E-state index contributed by atoms with van der Waals surface area (Å²) in [6, 6.07) is 6.88. The Morgan fingerprint density at radius 1 is 1.44 bits per heavy atom. The molecule has 128 valence electrons. The lowest BCUT2D eigenvalue weighted by molar-refractivity contribution is -0.117. The van der Waals surface area contributed by atoms with E-state index in [1.165, 1.54) is 6.20 Å². The second-order valence-electron chi connectivity index (χ2n) is 6.19. The fraction of sp³-hybridized carbons (Fsp3) is 0.222. The van der Waals surface area contributed by atoms with Crippen molar-refractivity contribution in [2.45, 2.75) is 12.6 Å². The summed E-state index contributed by atoms with van der Waals surface area (Å²) in [4.78, 5) is 15.9. The highest BCUT2D eigenvalue weighted by molar-refractivity contribution is 6.36. The second kappa shape index (κ2) is 5.81. The van der Waals surface area contributed by atoms with E-state index in [0.717, 1.165) is 0 Å². The van der Waals surface area contributed by atoms with Crippen LogP contribution in [-0.4, -0.2) is 21.6 Å². The molecule has 0 saturated heterocycles. The number of benzene rings is 1. The van der Waals surface area contributed by atoms with E-state index in [9.17, 15) is 13.6 Å². The normalized spacial score (nSPS) is 19.2. The number of pyridine rings is 1. The number of fused-ring (bicyclic) bond motifs is 1. The van der Waals surface area contributed by atoms with Crippen LogP contribution in [0.1, 0.15) is 6.42 Å². The summed E-state index contributed by atoms with van der Waals surface area (Å²) < 4.78 is 29.4. The number of rotatable bonds is 3. The van der Waals surface area contributed by atoms with E-state index >= 15 is 0 Å². The van der Waals surface area contributed by atoms with Gasteiger partial charge in [-0.1, -0.05) is 11.6 Å². The van der Waals surface area contributed by atoms with E-state index in [2.05, 4.69) is 10.3 Å². The molecule has 2 aromatic heterocycles. The number of hydrogen-bond acceptors (Lipinski definition) is 2. The Bertz CT molecular complexity index is 1000. The number of alkyl halides is 1. The van der Waals surface area contributed by atoms with Gasteiger partial charge in [0.15, 0.2) is 5.82 Å². The van der Waals surface area contributed by atoms with Crippen LogP contribution in [0, 0.1) is 11.7 Å². The van der Waals surface area contributed by atoms with Crippen LogP contribution >= 0.6 is 11.6 Å². The third-order valence-corrected chi connectivity index (χ3v) is 4.79. The summed E-state index contributed by atoms with van der Waals surface area (Å²) in [6.45, 7) is 0. The van der Waals surface area contributed by atoms with Crippen molar-refractivity contribution in [3.05, 3.63) is 47.5 Å². The van der Waals surface area contributed by atoms with Crippen molar-refractivity contribution in [1.82, 2.24) is 9.55 Å². The average molecular weight is 362 g/mol. The molecule has 1 aromatic carbocycles. The van der Waals surface area contributed by atoms with E-state index < -0.39 is 23.8 Å². The molecule has 1 aliphatic rings. The summed E-state index contributed by atoms with van der Waals surface area (Å²) in [7, 11) is 1.81. The first kappa shape index (κ1) is 16.0. The summed E-state index contributed by atoms with van der Waals surface area (Å²) >= 11 is 6.18. The topological polar surface area (TPSA) is 46.9 Å². The number of carbonyl (C=O) groups excluding carboxylic acids is 1. The van der Waals surface area contributed by atoms with Gasteiger partial charge in [-0.3, -0.25) is 4.79 Å². The van der Waals surface area contributed by atoms with Crippen molar-refractivity contribution in [1.29, 1.82) is 0 Å². The maximum absolute atomic E-state index is 14.7. The molecular formula is C18H14ClF2N3O. The van der Waals surface area contributed by atoms with Gasteiger partial charge in [-0.25, -0.2) is 13.8 Å². The lowest BCUT2D eigenvalue weighted by atomic mass is 10.1. The van der Waals surface area contributed by atoms with Crippen LogP contribution < -0.4 is 5.32 Å². The molecule has 1 unspecified atom stereocenters. The zero-order chi connectivity index (χ0) is 17.7. The van der Waals surface area contributed by atoms with Crippen LogP contribution in [0.25, 0.3) is 22.0 Å². The van der Waals surface area contributed by atoms with Crippen LogP contribution in [0.3, 0.4) is 0 Å². The third-order valence-electron chi connectivity index (χ3n) is 4.42. The highest BCUT2D eigenvalue weighted by Gasteiger charge is 2.43. The fourth-order valence-electron chi connectivity index (χ4n) is 2.88. The Morgan fingerprint density at radius 3 is 2.84 bits per heavy atom. The van der Waals surface area contributed by atoms with Gasteiger partial charge in [0.2, 0.25) is 5.91 Å². The molecule has 3 aromatic rings. The van der Waals surface area contributed by atoms with Crippen molar-refractivity contribution < 1.29 is 13.6 Å². The minimum atomic E-state index is -1.08. The molecule has 0 bridgehead atoms. The zero-order valence-electron chi connectivity index (χ0n) is 13.3. The average Bonchev–Trinajstić information content (AvgIpc) is 3.17. The molecule has 4 rings (SSSR count). The van der Waals surface area contributed by atoms with E-state index in [1.807, 2.05) is 19.3 Å². The molecular weight excluding hydrogens is 348 g/mol. The first-order chi connectivity index (χ1) is 12.0. The Hall–Kier alpha value is -2.47. The lowest BCUT2D eigenvalue weighted by Gasteiger charge is -2.11. The Labute approximate surface area is 147 Å². The second-order valence-corrected chi connectivity index (χ2v) is 6.57. The quantitative estimate of drug-likeness (QED) is 0.754. The summed E-state index contributed by atoms with van der Waals surface area (Å²) in [6.07, 6.45) is 2.39. The molecule has 2 atom stereocenters. The van der Waals surface area contributed by atoms with Crippen LogP contribution in [0.5, 0.6) is 0 Å². The third kappa shape index (κ3) is 2.76. The smallest absolute Gasteiger partial charge is 0.231 e. The minimum Gasteiger partial charge on any atom is -0.350 e. The van der Waals surface area contributed by atoms with Gasteiger partial charge in [0.05, 0.1) is 16.6 Å². The first-order valence-electron chi connectivity index (χ1n) is 7.80. The first-order valence-corrected chi connectivity index (χ1v) is 8.18. The summed E-state index contributed by atoms with van der Waals surface area (Å²) in [5, 5.41) is 3.66. The minimum absolute atomic E-state index is 0.0231. The van der Waals surface area contributed by atoms with Crippen LogP contribution in [0.15, 0.2) is 36.7 Å². The van der Waals surface area contributed by atoms with Gasteiger partial charge >= 0.3 is 0 Å². The maximum atomic E-state index is 14.7. The summed E-state index contributed by atoms with van der Waals surface area (Å²) in [5.41, 5.74) is 1.04. The van der Waals surface area contributed by atoms with E-state index in [-0.39, 0.29) is 17.3 Å². The molecule has 1 saturated carbocycles. The number of aryl methyl sites for hydroxylation is 1. The molecule has 2 heterocycles. The molecule has 4 nitrogen and oxygen atoms in total. The molecule has 1 N–H and O–H groups in total. The number of carbonyl (C=O) groups is 1. The van der Waals surface area contributed by atoms with E-state index in [4.69, 9.17) is 11.6 Å². The standard InChI is InChI=1S/C18H14ClF2N3O/c1-24-4-2-3-14(24)11-5-9-6-15(23-18(25)10-7-13(10)20)22-8-12(9)16(19)17(11)21/h2-6,8,10,13H,7H2,1H3,(H,22,23,25)/t10?,13-/m1/s1. The highest BCUT2D eigenvalue weighted by Crippen LogP contribution is 2.36. The molecule has 25 heavy (non-hydrogen) atoms. The van der Waals surface area contributed by atoms with Crippen molar-refractivity contribution >= 4 is 34.1 Å². The van der Waals surface area contributed by atoms with Crippen molar-refractivity contribution in [3.63, 3.8) is 0 Å². The van der Waals surface area contributed by atoms with Crippen LogP contribution in [0.4, 0.5) is 14.6 Å². The van der Waals surface area contributed by atoms with Gasteiger partial charge in [0, 0.05) is 30.4 Å². The number of amides is 1. The van der Waals surface area contributed by atoms with Gasteiger partial charge in [-0.05, 0) is 36.1 Å². The SMILES string of the molecule is Cn1cccc1-c1cc2cc(NC(=O)C3C[C@H]3F)ncc2c(Cl)c1F. The van der Waals surface area contributed by atoms with Gasteiger partial charge in [0.1, 0.15) is 12.0 Å². The Balaban J connectivity index is 1.77. The molecule has 0 aliphatic heterocycles. The summed E-state index contributed by atoms with van der Waals surface area (Å²) in [5.74, 6) is -1.23. The van der Waals surface area contributed by atoms with Crippen molar-refractivity contribution in [3.8, 4) is 11.3 Å². The molecule has 1 aliphatic carbocycles. The molecule has 0 radical (unpaired) electrons. The predicted molar refractivity (Wildman–Crippen MR) is 92.8 cm³/mol. The number of nitrogens with zero attached hydrogens (tertiary/aromatic N) is 2. The van der Waals surface area contributed by atoms with Gasteiger partial charge in [-0.2, -0.15) is 0 Å². The van der Waals surface area contributed by atoms with Crippen molar-refractivity contribution in [2.24, 2.45) is 13.0 Å². The van der Waals surface area contributed by atoms with Crippen LogP contribution in [0.2, 0.25) is 5.02 Å². The predicted octanol–water partition coefficient (Wildman–Crippen LogP) is 4.33. The monoisotopic (exact) mass is 361 g/mol. The van der Waals surface area contributed by atoms with E-state index in [1.54, 1.807) is 22.8 Å². The van der Waals surface area contributed by atoms with Gasteiger partial charge in [-0.15, -0.1) is 0 Å². The number of nitrogens with one attached hydrogen (secondary N) is 1. The molecule has 1 amide bonds. The maximum Gasteiger partial charge on any atom is 0.231 e.